The molecular weight excluding hydrogens is 321 g/mol. The molecule has 0 bridgehead atoms. The van der Waals surface area contributed by atoms with Gasteiger partial charge in [-0.15, -0.1) is 12.4 Å². The molecule has 1 aliphatic heterocycles. The highest BCUT2D eigenvalue weighted by Gasteiger charge is 2.27. The van der Waals surface area contributed by atoms with Gasteiger partial charge in [0.05, 0.1) is 12.7 Å². The lowest BCUT2D eigenvalue weighted by molar-refractivity contribution is -0.128. The molecule has 1 aliphatic rings. The average molecular weight is 342 g/mol. The first-order valence-electron chi connectivity index (χ1n) is 7.53. The van der Waals surface area contributed by atoms with Gasteiger partial charge in [-0.3, -0.25) is 4.79 Å². The van der Waals surface area contributed by atoms with E-state index in [1.54, 1.807) is 6.07 Å². The van der Waals surface area contributed by atoms with Crippen molar-refractivity contribution in [1.29, 1.82) is 0 Å². The number of ether oxygens (including phenoxy) is 1. The second-order valence-corrected chi connectivity index (χ2v) is 5.55. The van der Waals surface area contributed by atoms with Gasteiger partial charge in [-0.25, -0.2) is 4.39 Å². The molecule has 0 radical (unpaired) electrons. The van der Waals surface area contributed by atoms with E-state index >= 15 is 0 Å². The van der Waals surface area contributed by atoms with Gasteiger partial charge in [-0.2, -0.15) is 0 Å². The minimum atomic E-state index is -0.300. The van der Waals surface area contributed by atoms with Gasteiger partial charge in [0.15, 0.2) is 0 Å². The topological polar surface area (TPSA) is 66.2 Å². The first kappa shape index (κ1) is 17.7. The highest BCUT2D eigenvalue weighted by Crippen LogP contribution is 2.19. The van der Waals surface area contributed by atoms with E-state index in [1.807, 2.05) is 13.1 Å². The fourth-order valence-corrected chi connectivity index (χ4v) is 2.82. The number of nitrogens with one attached hydrogen (secondary N) is 3. The van der Waals surface area contributed by atoms with Crippen LogP contribution in [0.3, 0.4) is 0 Å². The molecule has 7 heteroatoms. The Morgan fingerprint density at radius 3 is 3.09 bits per heavy atom. The molecular formula is C16H21ClFN3O2. The van der Waals surface area contributed by atoms with Gasteiger partial charge in [0.2, 0.25) is 5.91 Å². The molecule has 2 aromatic rings. The lowest BCUT2D eigenvalue weighted by Crippen LogP contribution is -2.55. The number of halogens is 2. The second-order valence-electron chi connectivity index (χ2n) is 5.55. The zero-order chi connectivity index (χ0) is 15.5. The van der Waals surface area contributed by atoms with Crippen molar-refractivity contribution in [2.24, 2.45) is 0 Å². The van der Waals surface area contributed by atoms with Crippen molar-refractivity contribution in [1.82, 2.24) is 15.6 Å². The molecule has 0 unspecified atom stereocenters. The maximum atomic E-state index is 13.2. The Kier molecular flexibility index (Phi) is 5.98. The summed E-state index contributed by atoms with van der Waals surface area (Å²) in [5.74, 6) is -0.301. The van der Waals surface area contributed by atoms with Crippen molar-refractivity contribution in [3.05, 3.63) is 35.8 Å². The summed E-state index contributed by atoms with van der Waals surface area (Å²) in [5.41, 5.74) is 1.84. The van der Waals surface area contributed by atoms with Crippen LogP contribution in [0.1, 0.15) is 12.5 Å². The minimum absolute atomic E-state index is 0. The van der Waals surface area contributed by atoms with Gasteiger partial charge < -0.3 is 20.4 Å². The standard InChI is InChI=1S/C16H20FN3O2.ClH/c1-10-15(18-6-7-22-10)16(21)19-5-4-11-9-20-14-8-12(17)2-3-13(11)14;/h2-3,8-10,15,18,20H,4-7H2,1H3,(H,19,21);1H/t10-,15+;/m1./s1. The summed E-state index contributed by atoms with van der Waals surface area (Å²) < 4.78 is 18.6. The molecule has 1 fully saturated rings. The van der Waals surface area contributed by atoms with Gasteiger partial charge >= 0.3 is 0 Å². The fraction of sp³-hybridized carbons (Fsp3) is 0.438. The molecule has 0 spiro atoms. The van der Waals surface area contributed by atoms with E-state index in [0.29, 0.717) is 26.1 Å². The van der Waals surface area contributed by atoms with Crippen LogP contribution in [0.15, 0.2) is 24.4 Å². The number of H-pyrrole nitrogens is 1. The number of amides is 1. The number of carbonyl (C=O) groups excluding carboxylic acids is 1. The molecule has 1 aromatic carbocycles. The van der Waals surface area contributed by atoms with Crippen molar-refractivity contribution in [3.8, 4) is 0 Å². The lowest BCUT2D eigenvalue weighted by Gasteiger charge is -2.29. The van der Waals surface area contributed by atoms with E-state index in [2.05, 4.69) is 15.6 Å². The zero-order valence-electron chi connectivity index (χ0n) is 12.9. The molecule has 2 atom stereocenters. The number of aromatic amines is 1. The highest BCUT2D eigenvalue weighted by molar-refractivity contribution is 5.85. The number of carbonyl (C=O) groups is 1. The number of hydrogen-bond donors (Lipinski definition) is 3. The Labute approximate surface area is 140 Å². The first-order chi connectivity index (χ1) is 10.6. The summed E-state index contributed by atoms with van der Waals surface area (Å²) in [6, 6.07) is 4.38. The summed E-state index contributed by atoms with van der Waals surface area (Å²) >= 11 is 0. The molecule has 1 saturated heterocycles. The number of fused-ring (bicyclic) bond motifs is 1. The Morgan fingerprint density at radius 1 is 1.48 bits per heavy atom. The molecule has 1 amide bonds. The van der Waals surface area contributed by atoms with Crippen LogP contribution in [0.4, 0.5) is 4.39 Å². The molecule has 3 N–H and O–H groups in total. The Morgan fingerprint density at radius 2 is 2.30 bits per heavy atom. The van der Waals surface area contributed by atoms with Crippen LogP contribution in [0, 0.1) is 5.82 Å². The molecule has 3 rings (SSSR count). The third-order valence-corrected chi connectivity index (χ3v) is 4.02. The van der Waals surface area contributed by atoms with E-state index in [9.17, 15) is 9.18 Å². The van der Waals surface area contributed by atoms with Crippen molar-refractivity contribution in [3.63, 3.8) is 0 Å². The Balaban J connectivity index is 0.00000192. The smallest absolute Gasteiger partial charge is 0.239 e. The van der Waals surface area contributed by atoms with Crippen LogP contribution in [0.5, 0.6) is 0 Å². The predicted octanol–water partition coefficient (Wildman–Crippen LogP) is 1.76. The molecule has 1 aromatic heterocycles. The molecule has 5 nitrogen and oxygen atoms in total. The summed E-state index contributed by atoms with van der Waals surface area (Å²) in [7, 11) is 0. The average Bonchev–Trinajstić information content (AvgIpc) is 2.90. The van der Waals surface area contributed by atoms with Gasteiger partial charge in [-0.1, -0.05) is 0 Å². The molecule has 0 aliphatic carbocycles. The van der Waals surface area contributed by atoms with Crippen molar-refractivity contribution in [2.75, 3.05) is 19.7 Å². The third-order valence-electron chi connectivity index (χ3n) is 4.02. The van der Waals surface area contributed by atoms with E-state index in [4.69, 9.17) is 4.74 Å². The fourth-order valence-electron chi connectivity index (χ4n) is 2.82. The maximum Gasteiger partial charge on any atom is 0.239 e. The summed E-state index contributed by atoms with van der Waals surface area (Å²) in [4.78, 5) is 15.2. The van der Waals surface area contributed by atoms with Crippen LogP contribution in [-0.2, 0) is 16.0 Å². The second kappa shape index (κ2) is 7.77. The minimum Gasteiger partial charge on any atom is -0.375 e. The third kappa shape index (κ3) is 4.02. The first-order valence-corrected chi connectivity index (χ1v) is 7.53. The summed E-state index contributed by atoms with van der Waals surface area (Å²) in [6.07, 6.45) is 2.44. The van der Waals surface area contributed by atoms with Crippen LogP contribution in [0.25, 0.3) is 10.9 Å². The van der Waals surface area contributed by atoms with Crippen LogP contribution in [-0.4, -0.2) is 42.7 Å². The van der Waals surface area contributed by atoms with Crippen molar-refractivity contribution < 1.29 is 13.9 Å². The van der Waals surface area contributed by atoms with Crippen molar-refractivity contribution >= 4 is 29.2 Å². The molecule has 126 valence electrons. The largest absolute Gasteiger partial charge is 0.375 e. The Bertz CT molecular complexity index is 676. The number of rotatable bonds is 4. The SMILES string of the molecule is C[C@H]1OCCN[C@@H]1C(=O)NCCc1c[nH]c2cc(F)ccc12.Cl. The zero-order valence-corrected chi connectivity index (χ0v) is 13.7. The van der Waals surface area contributed by atoms with Crippen molar-refractivity contribution in [2.45, 2.75) is 25.5 Å². The lowest BCUT2D eigenvalue weighted by atomic mass is 10.1. The summed E-state index contributed by atoms with van der Waals surface area (Å²) in [6.45, 7) is 3.76. The van der Waals surface area contributed by atoms with Gasteiger partial charge in [-0.05, 0) is 37.1 Å². The number of morpholine rings is 1. The monoisotopic (exact) mass is 341 g/mol. The molecule has 23 heavy (non-hydrogen) atoms. The van der Waals surface area contributed by atoms with Crippen LogP contribution < -0.4 is 10.6 Å². The van der Waals surface area contributed by atoms with E-state index in [1.165, 1.54) is 12.1 Å². The molecule has 0 saturated carbocycles. The van der Waals surface area contributed by atoms with Gasteiger partial charge in [0.1, 0.15) is 11.9 Å². The van der Waals surface area contributed by atoms with Crippen LogP contribution >= 0.6 is 12.4 Å². The van der Waals surface area contributed by atoms with E-state index in [-0.39, 0.29) is 36.3 Å². The Hall–Kier alpha value is -1.63. The van der Waals surface area contributed by atoms with E-state index in [0.717, 1.165) is 16.5 Å². The quantitative estimate of drug-likeness (QED) is 0.794. The normalized spacial score (nSPS) is 21.0. The number of benzene rings is 1. The number of hydrogen-bond acceptors (Lipinski definition) is 3. The van der Waals surface area contributed by atoms with E-state index < -0.39 is 0 Å². The van der Waals surface area contributed by atoms with Gasteiger partial charge in [0.25, 0.3) is 0 Å². The highest BCUT2D eigenvalue weighted by atomic mass is 35.5. The van der Waals surface area contributed by atoms with Gasteiger partial charge in [0, 0.05) is 30.2 Å². The molecule has 2 heterocycles. The van der Waals surface area contributed by atoms with Crippen LogP contribution in [0.2, 0.25) is 0 Å². The summed E-state index contributed by atoms with van der Waals surface area (Å²) in [5, 5.41) is 7.08. The number of aromatic nitrogens is 1. The maximum absolute atomic E-state index is 13.2. The predicted molar refractivity (Wildman–Crippen MR) is 89.4 cm³/mol.